The molecule has 6 atom stereocenters. The molecule has 8 nitrogen and oxygen atoms in total. The summed E-state index contributed by atoms with van der Waals surface area (Å²) in [5.74, 6) is -0.769. The van der Waals surface area contributed by atoms with E-state index in [1.807, 2.05) is 0 Å². The van der Waals surface area contributed by atoms with Gasteiger partial charge in [0, 0.05) is 6.42 Å². The Balaban J connectivity index is 2.94. The Morgan fingerprint density at radius 2 is 2.05 bits per heavy atom. The Bertz CT molecular complexity index is 322. The van der Waals surface area contributed by atoms with E-state index in [-0.39, 0.29) is 6.42 Å². The van der Waals surface area contributed by atoms with E-state index in [2.05, 4.69) is 4.74 Å². The molecule has 6 unspecified atom stereocenters. The number of aliphatic hydroxyl groups excluding tert-OH is 5. The van der Waals surface area contributed by atoms with Crippen molar-refractivity contribution in [1.82, 2.24) is 0 Å². The summed E-state index contributed by atoms with van der Waals surface area (Å²) < 4.78 is 9.83. The summed E-state index contributed by atoms with van der Waals surface area (Å²) in [6, 6.07) is 0. The maximum atomic E-state index is 11.6. The van der Waals surface area contributed by atoms with Crippen LogP contribution in [0.1, 0.15) is 13.3 Å². The van der Waals surface area contributed by atoms with Gasteiger partial charge in [0.25, 0.3) is 0 Å². The molecular weight excluding hydrogens is 260 g/mol. The van der Waals surface area contributed by atoms with E-state index in [1.54, 1.807) is 0 Å². The van der Waals surface area contributed by atoms with E-state index >= 15 is 0 Å². The number of esters is 1. The lowest BCUT2D eigenvalue weighted by Gasteiger charge is -2.44. The Kier molecular flexibility index (Phi) is 5.25. The normalized spacial score (nSPS) is 38.6. The Morgan fingerprint density at radius 3 is 2.53 bits per heavy atom. The fourth-order valence-corrected chi connectivity index (χ4v) is 2.10. The van der Waals surface area contributed by atoms with Crippen molar-refractivity contribution in [1.29, 1.82) is 0 Å². The molecule has 8 heteroatoms. The molecule has 1 saturated heterocycles. The molecule has 112 valence electrons. The van der Waals surface area contributed by atoms with E-state index in [4.69, 9.17) is 9.84 Å². The first-order chi connectivity index (χ1) is 8.76. The summed E-state index contributed by atoms with van der Waals surface area (Å²) in [7, 11) is 1.14. The van der Waals surface area contributed by atoms with Crippen LogP contribution in [0, 0.1) is 0 Å². The molecule has 5 N–H and O–H groups in total. The lowest BCUT2D eigenvalue weighted by atomic mass is 9.86. The molecule has 1 heterocycles. The van der Waals surface area contributed by atoms with Crippen molar-refractivity contribution in [3.63, 3.8) is 0 Å². The first-order valence-corrected chi connectivity index (χ1v) is 5.86. The first-order valence-electron chi connectivity index (χ1n) is 5.86. The predicted octanol–water partition coefficient (Wildman–Crippen LogP) is -2.86. The first kappa shape index (κ1) is 16.3. The summed E-state index contributed by atoms with van der Waals surface area (Å²) in [6.45, 7) is 0.595. The minimum absolute atomic E-state index is 0.209. The fourth-order valence-electron chi connectivity index (χ4n) is 2.10. The number of hydrogen-bond donors (Lipinski definition) is 5. The molecule has 1 aliphatic heterocycles. The zero-order valence-corrected chi connectivity index (χ0v) is 10.8. The summed E-state index contributed by atoms with van der Waals surface area (Å²) in [5.41, 5.74) is -1.55. The molecular formula is C11H20O8. The monoisotopic (exact) mass is 280 g/mol. The van der Waals surface area contributed by atoms with Gasteiger partial charge in [-0.2, -0.15) is 0 Å². The maximum Gasteiger partial charge on any atom is 0.337 e. The van der Waals surface area contributed by atoms with Crippen molar-refractivity contribution in [2.45, 2.75) is 49.5 Å². The highest BCUT2D eigenvalue weighted by atomic mass is 16.6. The SMILES string of the molecule is COC(=O)C1(C)CC(O)C(O)C(C(O)C(O)CO)O1. The molecule has 0 aromatic rings. The van der Waals surface area contributed by atoms with Gasteiger partial charge in [-0.15, -0.1) is 0 Å². The summed E-state index contributed by atoms with van der Waals surface area (Å²) >= 11 is 0. The summed E-state index contributed by atoms with van der Waals surface area (Å²) in [6.07, 6.45) is -7.67. The standard InChI is InChI=1S/C11H20O8/c1-11(10(17)18-2)3-5(13)7(15)9(19-11)8(16)6(14)4-12/h5-9,12-16H,3-4H2,1-2H3. The molecule has 0 aromatic heterocycles. The van der Waals surface area contributed by atoms with Crippen LogP contribution in [0.15, 0.2) is 0 Å². The highest BCUT2D eigenvalue weighted by molar-refractivity contribution is 5.79. The molecule has 0 radical (unpaired) electrons. The van der Waals surface area contributed by atoms with Gasteiger partial charge in [-0.05, 0) is 6.92 Å². The van der Waals surface area contributed by atoms with Gasteiger partial charge < -0.3 is 35.0 Å². The van der Waals surface area contributed by atoms with Gasteiger partial charge >= 0.3 is 5.97 Å². The van der Waals surface area contributed by atoms with E-state index in [9.17, 15) is 25.2 Å². The van der Waals surface area contributed by atoms with Crippen molar-refractivity contribution < 1.29 is 39.8 Å². The zero-order chi connectivity index (χ0) is 14.8. The van der Waals surface area contributed by atoms with Crippen molar-refractivity contribution in [3.8, 4) is 0 Å². The molecule has 0 aliphatic carbocycles. The maximum absolute atomic E-state index is 11.6. The molecule has 0 saturated carbocycles. The molecule has 1 fully saturated rings. The number of hydrogen-bond acceptors (Lipinski definition) is 8. The number of methoxy groups -OCH3 is 1. The Morgan fingerprint density at radius 1 is 1.47 bits per heavy atom. The van der Waals surface area contributed by atoms with Gasteiger partial charge in [0.05, 0.1) is 19.8 Å². The van der Waals surface area contributed by atoms with Crippen LogP contribution >= 0.6 is 0 Å². The van der Waals surface area contributed by atoms with Crippen LogP contribution in [0.4, 0.5) is 0 Å². The van der Waals surface area contributed by atoms with Crippen LogP contribution in [0.5, 0.6) is 0 Å². The summed E-state index contributed by atoms with van der Waals surface area (Å²) in [5, 5.41) is 47.4. The van der Waals surface area contributed by atoms with Crippen LogP contribution in [0.25, 0.3) is 0 Å². The van der Waals surface area contributed by atoms with E-state index in [0.29, 0.717) is 0 Å². The topological polar surface area (TPSA) is 137 Å². The van der Waals surface area contributed by atoms with Gasteiger partial charge in [0.2, 0.25) is 0 Å². The van der Waals surface area contributed by atoms with Crippen molar-refractivity contribution in [2.24, 2.45) is 0 Å². The van der Waals surface area contributed by atoms with Crippen molar-refractivity contribution in [3.05, 3.63) is 0 Å². The molecule has 0 bridgehead atoms. The number of rotatable bonds is 4. The molecule has 1 aliphatic rings. The lowest BCUT2D eigenvalue weighted by molar-refractivity contribution is -0.250. The van der Waals surface area contributed by atoms with Crippen LogP contribution in [0.3, 0.4) is 0 Å². The Hall–Kier alpha value is -0.770. The van der Waals surface area contributed by atoms with Crippen molar-refractivity contribution in [2.75, 3.05) is 13.7 Å². The third kappa shape index (κ3) is 3.22. The molecule has 0 spiro atoms. The summed E-state index contributed by atoms with van der Waals surface area (Å²) in [4.78, 5) is 11.6. The predicted molar refractivity (Wildman–Crippen MR) is 61.0 cm³/mol. The van der Waals surface area contributed by atoms with Gasteiger partial charge in [-0.1, -0.05) is 0 Å². The second kappa shape index (κ2) is 6.12. The molecule has 0 amide bonds. The zero-order valence-electron chi connectivity index (χ0n) is 10.8. The highest BCUT2D eigenvalue weighted by Gasteiger charge is 2.51. The smallest absolute Gasteiger partial charge is 0.337 e. The van der Waals surface area contributed by atoms with Gasteiger partial charge in [-0.25, -0.2) is 4.79 Å². The number of aliphatic hydroxyl groups is 5. The quantitative estimate of drug-likeness (QED) is 0.347. The lowest BCUT2D eigenvalue weighted by Crippen LogP contribution is -2.62. The number of carbonyl (C=O) groups excluding carboxylic acids is 1. The largest absolute Gasteiger partial charge is 0.467 e. The van der Waals surface area contributed by atoms with Crippen LogP contribution < -0.4 is 0 Å². The molecule has 1 rings (SSSR count). The minimum atomic E-state index is -1.65. The Labute approximate surface area is 110 Å². The van der Waals surface area contributed by atoms with Crippen LogP contribution in [-0.4, -0.2) is 81.3 Å². The van der Waals surface area contributed by atoms with Crippen LogP contribution in [-0.2, 0) is 14.3 Å². The second-order valence-corrected chi connectivity index (χ2v) is 4.81. The number of ether oxygens (including phenoxy) is 2. The van der Waals surface area contributed by atoms with Gasteiger partial charge in [-0.3, -0.25) is 0 Å². The van der Waals surface area contributed by atoms with E-state index < -0.39 is 48.7 Å². The van der Waals surface area contributed by atoms with Crippen LogP contribution in [0.2, 0.25) is 0 Å². The third-order valence-electron chi connectivity index (χ3n) is 3.26. The van der Waals surface area contributed by atoms with Crippen molar-refractivity contribution >= 4 is 5.97 Å². The third-order valence-corrected chi connectivity index (χ3v) is 3.26. The molecule has 19 heavy (non-hydrogen) atoms. The average molecular weight is 280 g/mol. The average Bonchev–Trinajstić information content (AvgIpc) is 2.40. The minimum Gasteiger partial charge on any atom is -0.467 e. The molecule has 0 aromatic carbocycles. The van der Waals surface area contributed by atoms with Gasteiger partial charge in [0.1, 0.15) is 24.4 Å². The fraction of sp³-hybridized carbons (Fsp3) is 0.909. The highest BCUT2D eigenvalue weighted by Crippen LogP contribution is 2.32. The van der Waals surface area contributed by atoms with E-state index in [1.165, 1.54) is 6.92 Å². The van der Waals surface area contributed by atoms with Gasteiger partial charge in [0.15, 0.2) is 5.60 Å². The second-order valence-electron chi connectivity index (χ2n) is 4.81. The number of carbonyl (C=O) groups is 1. The van der Waals surface area contributed by atoms with E-state index in [0.717, 1.165) is 7.11 Å².